The average Bonchev–Trinajstić information content (AvgIpc) is 3.08. The molecule has 8 atom stereocenters. The summed E-state index contributed by atoms with van der Waals surface area (Å²) in [6.45, 7) is 11.6. The van der Waals surface area contributed by atoms with Crippen LogP contribution in [0.15, 0.2) is 0 Å². The Bertz CT molecular complexity index is 498. The summed E-state index contributed by atoms with van der Waals surface area (Å²) in [6.07, 6.45) is 6.44. The first-order valence-electron chi connectivity index (χ1n) is 9.50. The van der Waals surface area contributed by atoms with Crippen molar-refractivity contribution in [1.82, 2.24) is 0 Å². The van der Waals surface area contributed by atoms with Crippen molar-refractivity contribution in [3.05, 3.63) is 0 Å². The zero-order valence-electron chi connectivity index (χ0n) is 15.0. The van der Waals surface area contributed by atoms with Crippen molar-refractivity contribution in [2.45, 2.75) is 84.8 Å². The van der Waals surface area contributed by atoms with Gasteiger partial charge in [0, 0.05) is 0 Å². The van der Waals surface area contributed by atoms with E-state index < -0.39 is 5.60 Å². The molecule has 126 valence electrons. The van der Waals surface area contributed by atoms with Crippen LogP contribution in [0.2, 0.25) is 0 Å². The molecule has 2 N–H and O–H groups in total. The highest BCUT2D eigenvalue weighted by Crippen LogP contribution is 2.83. The molecule has 4 saturated carbocycles. The second kappa shape index (κ2) is 4.11. The first-order valence-corrected chi connectivity index (χ1v) is 9.50. The van der Waals surface area contributed by atoms with Crippen LogP contribution in [-0.4, -0.2) is 21.9 Å². The second-order valence-corrected chi connectivity index (χ2v) is 10.3. The number of rotatable bonds is 1. The van der Waals surface area contributed by atoms with E-state index in [4.69, 9.17) is 0 Å². The monoisotopic (exact) mass is 306 g/mol. The predicted molar refractivity (Wildman–Crippen MR) is 88.3 cm³/mol. The van der Waals surface area contributed by atoms with E-state index in [1.165, 1.54) is 12.8 Å². The molecular weight excluding hydrogens is 272 g/mol. The SMILES string of the molecule is CC(C)[C@H]1CC[C@@H]2[C@]1(C)C[C@H](O)[C@@]1(C)CC[C@@](C)(O)[C@@H]3C[C@@]231. The molecule has 0 heterocycles. The van der Waals surface area contributed by atoms with E-state index >= 15 is 0 Å². The quantitative estimate of drug-likeness (QED) is 0.769. The average molecular weight is 306 g/mol. The Morgan fingerprint density at radius 1 is 0.955 bits per heavy atom. The van der Waals surface area contributed by atoms with Crippen molar-refractivity contribution in [3.8, 4) is 0 Å². The Labute approximate surface area is 135 Å². The molecule has 0 radical (unpaired) electrons. The Morgan fingerprint density at radius 3 is 2.27 bits per heavy atom. The summed E-state index contributed by atoms with van der Waals surface area (Å²) in [7, 11) is 0. The maximum atomic E-state index is 11.2. The van der Waals surface area contributed by atoms with Crippen LogP contribution in [0.1, 0.15) is 73.1 Å². The van der Waals surface area contributed by atoms with Crippen molar-refractivity contribution in [3.63, 3.8) is 0 Å². The summed E-state index contributed by atoms with van der Waals surface area (Å²) >= 11 is 0. The fraction of sp³-hybridized carbons (Fsp3) is 1.00. The molecule has 4 rings (SSSR count). The van der Waals surface area contributed by atoms with Crippen LogP contribution in [-0.2, 0) is 0 Å². The van der Waals surface area contributed by atoms with Crippen LogP contribution in [0, 0.1) is 39.9 Å². The predicted octanol–water partition coefficient (Wildman–Crippen LogP) is 4.00. The number of aliphatic hydroxyl groups excluding tert-OH is 1. The maximum Gasteiger partial charge on any atom is 0.0653 e. The summed E-state index contributed by atoms with van der Waals surface area (Å²) in [6, 6.07) is 0. The molecule has 0 bridgehead atoms. The first kappa shape index (κ1) is 15.4. The Balaban J connectivity index is 1.80. The lowest BCUT2D eigenvalue weighted by Crippen LogP contribution is -2.60. The molecule has 0 aromatic heterocycles. The number of hydrogen-bond acceptors (Lipinski definition) is 2. The standard InChI is InChI=1S/C20H34O2/c1-12(2)13-6-7-14-17(13,3)11-16(21)18(4)8-9-19(5,22)15-10-20(14,15)18/h12-16,21-22H,6-11H2,1-5H3/t13-,14-,15+,16+,17-,18-,19-,20-/m1/s1. The lowest BCUT2D eigenvalue weighted by atomic mass is 9.45. The molecule has 4 fully saturated rings. The van der Waals surface area contributed by atoms with Gasteiger partial charge in [0.1, 0.15) is 0 Å². The van der Waals surface area contributed by atoms with Crippen molar-refractivity contribution < 1.29 is 10.2 Å². The summed E-state index contributed by atoms with van der Waals surface area (Å²) in [5.41, 5.74) is 0.0173. The summed E-state index contributed by atoms with van der Waals surface area (Å²) < 4.78 is 0. The summed E-state index contributed by atoms with van der Waals surface area (Å²) in [4.78, 5) is 0. The van der Waals surface area contributed by atoms with Gasteiger partial charge in [0.2, 0.25) is 0 Å². The lowest BCUT2D eigenvalue weighted by molar-refractivity contribution is -0.190. The van der Waals surface area contributed by atoms with Crippen molar-refractivity contribution >= 4 is 0 Å². The first-order chi connectivity index (χ1) is 10.1. The second-order valence-electron chi connectivity index (χ2n) is 10.3. The van der Waals surface area contributed by atoms with Crippen LogP contribution in [0.3, 0.4) is 0 Å². The molecule has 2 heteroatoms. The third-order valence-corrected chi connectivity index (χ3v) is 9.17. The Morgan fingerprint density at radius 2 is 1.64 bits per heavy atom. The van der Waals surface area contributed by atoms with E-state index in [2.05, 4.69) is 34.6 Å². The van der Waals surface area contributed by atoms with Gasteiger partial charge in [-0.15, -0.1) is 0 Å². The highest BCUT2D eigenvalue weighted by Gasteiger charge is 2.80. The molecule has 0 amide bonds. The van der Waals surface area contributed by atoms with Gasteiger partial charge in [-0.2, -0.15) is 0 Å². The van der Waals surface area contributed by atoms with E-state index in [1.807, 2.05) is 0 Å². The highest BCUT2D eigenvalue weighted by atomic mass is 16.3. The van der Waals surface area contributed by atoms with E-state index in [0.717, 1.165) is 31.6 Å². The molecule has 1 spiro atoms. The smallest absolute Gasteiger partial charge is 0.0653 e. The minimum atomic E-state index is -0.507. The van der Waals surface area contributed by atoms with Crippen LogP contribution in [0.25, 0.3) is 0 Å². The molecule has 0 aromatic rings. The van der Waals surface area contributed by atoms with Gasteiger partial charge in [-0.05, 0) is 85.4 Å². The molecule has 4 aliphatic carbocycles. The van der Waals surface area contributed by atoms with Crippen LogP contribution in [0.5, 0.6) is 0 Å². The zero-order valence-corrected chi connectivity index (χ0v) is 15.0. The van der Waals surface area contributed by atoms with Crippen molar-refractivity contribution in [2.75, 3.05) is 0 Å². The fourth-order valence-corrected chi connectivity index (χ4v) is 8.00. The molecular formula is C20H34O2. The van der Waals surface area contributed by atoms with Gasteiger partial charge < -0.3 is 10.2 Å². The minimum Gasteiger partial charge on any atom is -0.393 e. The minimum absolute atomic E-state index is 0.0377. The maximum absolute atomic E-state index is 11.2. The van der Waals surface area contributed by atoms with Gasteiger partial charge in [0.15, 0.2) is 0 Å². The van der Waals surface area contributed by atoms with Crippen molar-refractivity contribution in [1.29, 1.82) is 0 Å². The van der Waals surface area contributed by atoms with Crippen LogP contribution in [0.4, 0.5) is 0 Å². The Hall–Kier alpha value is -0.0800. The highest BCUT2D eigenvalue weighted by molar-refractivity contribution is 5.29. The fourth-order valence-electron chi connectivity index (χ4n) is 8.00. The zero-order chi connectivity index (χ0) is 16.1. The molecule has 0 aliphatic heterocycles. The largest absolute Gasteiger partial charge is 0.393 e. The van der Waals surface area contributed by atoms with Gasteiger partial charge >= 0.3 is 0 Å². The molecule has 0 aromatic carbocycles. The lowest BCUT2D eigenvalue weighted by Gasteiger charge is -2.61. The van der Waals surface area contributed by atoms with Gasteiger partial charge in [-0.3, -0.25) is 0 Å². The molecule has 4 aliphatic rings. The van der Waals surface area contributed by atoms with Gasteiger partial charge in [-0.25, -0.2) is 0 Å². The third-order valence-electron chi connectivity index (χ3n) is 9.17. The topological polar surface area (TPSA) is 40.5 Å². The normalized spacial score (nSPS) is 63.3. The molecule has 0 saturated heterocycles. The van der Waals surface area contributed by atoms with E-state index in [9.17, 15) is 10.2 Å². The van der Waals surface area contributed by atoms with Gasteiger partial charge in [0.05, 0.1) is 11.7 Å². The number of aliphatic hydroxyl groups is 2. The molecule has 0 unspecified atom stereocenters. The van der Waals surface area contributed by atoms with Gasteiger partial charge in [0.25, 0.3) is 0 Å². The van der Waals surface area contributed by atoms with Crippen LogP contribution >= 0.6 is 0 Å². The Kier molecular flexibility index (Phi) is 2.89. The van der Waals surface area contributed by atoms with Crippen molar-refractivity contribution in [2.24, 2.45) is 39.9 Å². The number of fused-ring (bicyclic) bond motifs is 1. The summed E-state index contributed by atoms with van der Waals surface area (Å²) in [5.74, 6) is 2.56. The molecule has 22 heavy (non-hydrogen) atoms. The third kappa shape index (κ3) is 1.50. The van der Waals surface area contributed by atoms with Crippen LogP contribution < -0.4 is 0 Å². The van der Waals surface area contributed by atoms with E-state index in [0.29, 0.717) is 17.8 Å². The van der Waals surface area contributed by atoms with Gasteiger partial charge in [-0.1, -0.05) is 27.7 Å². The summed E-state index contributed by atoms with van der Waals surface area (Å²) in [5, 5.41) is 22.1. The molecule has 2 nitrogen and oxygen atoms in total. The van der Waals surface area contributed by atoms with E-state index in [1.54, 1.807) is 0 Å². The number of hydrogen-bond donors (Lipinski definition) is 2. The van der Waals surface area contributed by atoms with E-state index in [-0.39, 0.29) is 22.3 Å².